The molecule has 0 aliphatic rings. The second kappa shape index (κ2) is 5.33. The molecule has 90 valence electrons. The number of nitrogens with one attached hydrogen (secondary N) is 2. The first-order chi connectivity index (χ1) is 8.16. The fourth-order valence-corrected chi connectivity index (χ4v) is 2.58. The van der Waals surface area contributed by atoms with Crippen molar-refractivity contribution in [3.63, 3.8) is 0 Å². The van der Waals surface area contributed by atoms with Gasteiger partial charge in [0.2, 0.25) is 5.91 Å². The molecule has 1 aromatic carbocycles. The molecule has 1 amide bonds. The fraction of sp³-hybridized carbons (Fsp3) is 0.273. The predicted octanol–water partition coefficient (Wildman–Crippen LogP) is 2.50. The standard InChI is InChI=1S/C11H12ClN3OS/c1-7(16)13-5-6-14-11-15-9-4-2-3-8(12)10(9)17-11/h2-4H,5-6H2,1H3,(H,13,16)(H,14,15). The summed E-state index contributed by atoms with van der Waals surface area (Å²) in [6.07, 6.45) is 0. The Labute approximate surface area is 108 Å². The Morgan fingerprint density at radius 3 is 3.00 bits per heavy atom. The van der Waals surface area contributed by atoms with Gasteiger partial charge >= 0.3 is 0 Å². The highest BCUT2D eigenvalue weighted by molar-refractivity contribution is 7.22. The van der Waals surface area contributed by atoms with Crippen LogP contribution in [0.2, 0.25) is 5.02 Å². The zero-order valence-electron chi connectivity index (χ0n) is 9.29. The summed E-state index contributed by atoms with van der Waals surface area (Å²) in [5, 5.41) is 7.40. The highest BCUT2D eigenvalue weighted by Crippen LogP contribution is 2.31. The zero-order valence-corrected chi connectivity index (χ0v) is 10.9. The summed E-state index contributed by atoms with van der Waals surface area (Å²) in [6.45, 7) is 2.73. The van der Waals surface area contributed by atoms with Crippen LogP contribution in [0.15, 0.2) is 18.2 Å². The van der Waals surface area contributed by atoms with E-state index in [1.165, 1.54) is 18.3 Å². The number of hydrogen-bond donors (Lipinski definition) is 2. The molecular formula is C11H12ClN3OS. The van der Waals surface area contributed by atoms with E-state index >= 15 is 0 Å². The van der Waals surface area contributed by atoms with Crippen molar-refractivity contribution in [2.24, 2.45) is 0 Å². The minimum absolute atomic E-state index is 0.0286. The number of nitrogens with zero attached hydrogens (tertiary/aromatic N) is 1. The molecule has 2 rings (SSSR count). The van der Waals surface area contributed by atoms with E-state index in [2.05, 4.69) is 15.6 Å². The number of thiazole rings is 1. The molecule has 2 aromatic rings. The molecule has 0 radical (unpaired) electrons. The SMILES string of the molecule is CC(=O)NCCNc1nc2cccc(Cl)c2s1. The molecule has 0 unspecified atom stereocenters. The normalized spacial score (nSPS) is 10.5. The van der Waals surface area contributed by atoms with Gasteiger partial charge in [0.1, 0.15) is 0 Å². The molecule has 2 N–H and O–H groups in total. The number of aromatic nitrogens is 1. The highest BCUT2D eigenvalue weighted by Gasteiger charge is 2.05. The van der Waals surface area contributed by atoms with Gasteiger partial charge in [0, 0.05) is 20.0 Å². The Hall–Kier alpha value is -1.33. The smallest absolute Gasteiger partial charge is 0.216 e. The number of carbonyl (C=O) groups is 1. The van der Waals surface area contributed by atoms with Crippen molar-refractivity contribution in [2.75, 3.05) is 18.4 Å². The summed E-state index contributed by atoms with van der Waals surface area (Å²) >= 11 is 7.57. The van der Waals surface area contributed by atoms with Gasteiger partial charge in [-0.1, -0.05) is 29.0 Å². The quantitative estimate of drug-likeness (QED) is 0.839. The molecule has 0 fully saturated rings. The summed E-state index contributed by atoms with van der Waals surface area (Å²) < 4.78 is 0.983. The van der Waals surface area contributed by atoms with Gasteiger partial charge in [-0.25, -0.2) is 4.98 Å². The molecule has 0 atom stereocenters. The summed E-state index contributed by atoms with van der Waals surface area (Å²) in [5.41, 5.74) is 0.893. The second-order valence-electron chi connectivity index (χ2n) is 3.52. The van der Waals surface area contributed by atoms with E-state index in [1.54, 1.807) is 0 Å². The van der Waals surface area contributed by atoms with Gasteiger partial charge in [-0.05, 0) is 12.1 Å². The molecule has 0 aliphatic heterocycles. The molecule has 4 nitrogen and oxygen atoms in total. The monoisotopic (exact) mass is 269 g/mol. The van der Waals surface area contributed by atoms with Crippen LogP contribution in [-0.4, -0.2) is 24.0 Å². The minimum Gasteiger partial charge on any atom is -0.360 e. The molecule has 0 spiro atoms. The van der Waals surface area contributed by atoms with Crippen molar-refractivity contribution >= 4 is 44.2 Å². The van der Waals surface area contributed by atoms with Crippen molar-refractivity contribution in [1.82, 2.24) is 10.3 Å². The number of anilines is 1. The van der Waals surface area contributed by atoms with Crippen molar-refractivity contribution in [3.05, 3.63) is 23.2 Å². The van der Waals surface area contributed by atoms with E-state index in [4.69, 9.17) is 11.6 Å². The second-order valence-corrected chi connectivity index (χ2v) is 4.92. The average Bonchev–Trinajstić information content (AvgIpc) is 2.69. The lowest BCUT2D eigenvalue weighted by Gasteiger charge is -2.02. The van der Waals surface area contributed by atoms with Gasteiger partial charge in [0.05, 0.1) is 15.2 Å². The number of rotatable bonds is 4. The fourth-order valence-electron chi connectivity index (χ4n) is 1.40. The van der Waals surface area contributed by atoms with Gasteiger partial charge in [-0.3, -0.25) is 4.79 Å². The van der Waals surface area contributed by atoms with Crippen LogP contribution >= 0.6 is 22.9 Å². The third kappa shape index (κ3) is 3.08. The van der Waals surface area contributed by atoms with E-state index in [9.17, 15) is 4.79 Å². The maximum Gasteiger partial charge on any atom is 0.216 e. The van der Waals surface area contributed by atoms with E-state index in [0.717, 1.165) is 20.4 Å². The average molecular weight is 270 g/mol. The van der Waals surface area contributed by atoms with Gasteiger partial charge in [0.15, 0.2) is 5.13 Å². The number of halogens is 1. The van der Waals surface area contributed by atoms with Crippen LogP contribution < -0.4 is 10.6 Å². The van der Waals surface area contributed by atoms with Crippen molar-refractivity contribution in [3.8, 4) is 0 Å². The van der Waals surface area contributed by atoms with Crippen molar-refractivity contribution in [2.45, 2.75) is 6.92 Å². The lowest BCUT2D eigenvalue weighted by atomic mass is 10.3. The van der Waals surface area contributed by atoms with E-state index < -0.39 is 0 Å². The number of fused-ring (bicyclic) bond motifs is 1. The van der Waals surface area contributed by atoms with Crippen LogP contribution in [0.5, 0.6) is 0 Å². The molecule has 0 saturated carbocycles. The Balaban J connectivity index is 2.00. The van der Waals surface area contributed by atoms with Crippen LogP contribution in [0.1, 0.15) is 6.92 Å². The first-order valence-electron chi connectivity index (χ1n) is 5.20. The maximum absolute atomic E-state index is 10.7. The summed E-state index contributed by atoms with van der Waals surface area (Å²) in [4.78, 5) is 15.1. The molecule has 0 aliphatic carbocycles. The minimum atomic E-state index is -0.0286. The number of hydrogen-bond acceptors (Lipinski definition) is 4. The highest BCUT2D eigenvalue weighted by atomic mass is 35.5. The molecule has 0 bridgehead atoms. The van der Waals surface area contributed by atoms with Crippen molar-refractivity contribution < 1.29 is 4.79 Å². The number of carbonyl (C=O) groups excluding carboxylic acids is 1. The van der Waals surface area contributed by atoms with Crippen LogP contribution in [0.3, 0.4) is 0 Å². The number of benzene rings is 1. The molecule has 0 saturated heterocycles. The van der Waals surface area contributed by atoms with E-state index in [-0.39, 0.29) is 5.91 Å². The largest absolute Gasteiger partial charge is 0.360 e. The van der Waals surface area contributed by atoms with Gasteiger partial charge in [-0.15, -0.1) is 0 Å². The topological polar surface area (TPSA) is 54.0 Å². The van der Waals surface area contributed by atoms with Crippen LogP contribution in [-0.2, 0) is 4.79 Å². The van der Waals surface area contributed by atoms with Crippen LogP contribution in [0.25, 0.3) is 10.2 Å². The lowest BCUT2D eigenvalue weighted by Crippen LogP contribution is -2.26. The van der Waals surface area contributed by atoms with Gasteiger partial charge in [-0.2, -0.15) is 0 Å². The molecular weight excluding hydrogens is 258 g/mol. The summed E-state index contributed by atoms with van der Waals surface area (Å²) in [7, 11) is 0. The number of amides is 1. The summed E-state index contributed by atoms with van der Waals surface area (Å²) in [5.74, 6) is -0.0286. The molecule has 6 heteroatoms. The molecule has 17 heavy (non-hydrogen) atoms. The van der Waals surface area contributed by atoms with Crippen molar-refractivity contribution in [1.29, 1.82) is 0 Å². The lowest BCUT2D eigenvalue weighted by molar-refractivity contribution is -0.118. The Bertz CT molecular complexity index is 540. The van der Waals surface area contributed by atoms with Gasteiger partial charge in [0.25, 0.3) is 0 Å². The first kappa shape index (κ1) is 12.1. The Kier molecular flexibility index (Phi) is 3.81. The Morgan fingerprint density at radius 1 is 1.47 bits per heavy atom. The van der Waals surface area contributed by atoms with Crippen LogP contribution in [0.4, 0.5) is 5.13 Å². The third-order valence-corrected chi connectivity index (χ3v) is 3.63. The predicted molar refractivity (Wildman–Crippen MR) is 71.8 cm³/mol. The van der Waals surface area contributed by atoms with E-state index in [1.807, 2.05) is 18.2 Å². The summed E-state index contributed by atoms with van der Waals surface area (Å²) in [6, 6.07) is 5.66. The third-order valence-electron chi connectivity index (χ3n) is 2.14. The van der Waals surface area contributed by atoms with Gasteiger partial charge < -0.3 is 10.6 Å². The maximum atomic E-state index is 10.7. The first-order valence-corrected chi connectivity index (χ1v) is 6.39. The molecule has 1 heterocycles. The zero-order chi connectivity index (χ0) is 12.3. The molecule has 1 aromatic heterocycles. The van der Waals surface area contributed by atoms with E-state index in [0.29, 0.717) is 13.1 Å². The Morgan fingerprint density at radius 2 is 2.29 bits per heavy atom. The van der Waals surface area contributed by atoms with Crippen LogP contribution in [0, 0.1) is 0 Å².